The van der Waals surface area contributed by atoms with Gasteiger partial charge in [-0.15, -0.1) is 0 Å². The standard InChI is InChI=1S/C19H25N3O7/c23-12(24)9-20-16(26)13-15(25)14(17(27)21-10-5-4-6-10)19(29)22(18(13)28)11-7-2-1-3-8-11/h10-11,25,29H,1-9H2,(H,20,26)(H,21,27)(H,23,24). The summed E-state index contributed by atoms with van der Waals surface area (Å²) >= 11 is 0. The maximum absolute atomic E-state index is 13.0. The van der Waals surface area contributed by atoms with Crippen molar-refractivity contribution < 1.29 is 29.7 Å². The van der Waals surface area contributed by atoms with E-state index in [9.17, 15) is 29.4 Å². The van der Waals surface area contributed by atoms with Gasteiger partial charge in [0.15, 0.2) is 5.75 Å². The summed E-state index contributed by atoms with van der Waals surface area (Å²) in [4.78, 5) is 48.9. The molecule has 10 nitrogen and oxygen atoms in total. The van der Waals surface area contributed by atoms with E-state index in [-0.39, 0.29) is 6.04 Å². The minimum absolute atomic E-state index is 0.0966. The second-order valence-electron chi connectivity index (χ2n) is 7.57. The van der Waals surface area contributed by atoms with Gasteiger partial charge in [-0.3, -0.25) is 23.7 Å². The molecule has 1 aromatic heterocycles. The van der Waals surface area contributed by atoms with Crippen LogP contribution in [0.5, 0.6) is 11.6 Å². The number of carbonyl (C=O) groups is 3. The van der Waals surface area contributed by atoms with E-state index in [1.54, 1.807) is 0 Å². The average Bonchev–Trinajstić information content (AvgIpc) is 2.64. The highest BCUT2D eigenvalue weighted by molar-refractivity contribution is 6.05. The van der Waals surface area contributed by atoms with Gasteiger partial charge in [-0.2, -0.15) is 0 Å². The van der Waals surface area contributed by atoms with Gasteiger partial charge in [-0.1, -0.05) is 19.3 Å². The van der Waals surface area contributed by atoms with Gasteiger partial charge in [-0.25, -0.2) is 0 Å². The van der Waals surface area contributed by atoms with Crippen molar-refractivity contribution in [2.75, 3.05) is 6.54 Å². The van der Waals surface area contributed by atoms with Crippen LogP contribution in [0.15, 0.2) is 4.79 Å². The average molecular weight is 407 g/mol. The van der Waals surface area contributed by atoms with Crippen molar-refractivity contribution in [2.24, 2.45) is 0 Å². The molecule has 0 aliphatic heterocycles. The van der Waals surface area contributed by atoms with Crippen LogP contribution in [-0.4, -0.2) is 50.3 Å². The van der Waals surface area contributed by atoms with Gasteiger partial charge in [0.25, 0.3) is 17.4 Å². The highest BCUT2D eigenvalue weighted by Gasteiger charge is 2.33. The van der Waals surface area contributed by atoms with Crippen molar-refractivity contribution in [2.45, 2.75) is 63.5 Å². The molecule has 0 atom stereocenters. The number of aliphatic carboxylic acids is 1. The van der Waals surface area contributed by atoms with E-state index in [0.29, 0.717) is 12.8 Å². The molecule has 29 heavy (non-hydrogen) atoms. The topological polar surface area (TPSA) is 158 Å². The Labute approximate surface area is 166 Å². The second kappa shape index (κ2) is 8.54. The highest BCUT2D eigenvalue weighted by atomic mass is 16.4. The number of carbonyl (C=O) groups excluding carboxylic acids is 2. The minimum Gasteiger partial charge on any atom is -0.506 e. The molecule has 1 aromatic rings. The third kappa shape index (κ3) is 4.20. The number of nitrogens with one attached hydrogen (secondary N) is 2. The van der Waals surface area contributed by atoms with Gasteiger partial charge in [-0.05, 0) is 32.1 Å². The van der Waals surface area contributed by atoms with Crippen LogP contribution in [0.25, 0.3) is 0 Å². The third-order valence-corrected chi connectivity index (χ3v) is 5.59. The first kappa shape index (κ1) is 20.7. The Morgan fingerprint density at radius 1 is 0.931 bits per heavy atom. The van der Waals surface area contributed by atoms with E-state index in [1.807, 2.05) is 5.32 Å². The van der Waals surface area contributed by atoms with Gasteiger partial charge in [0.2, 0.25) is 5.88 Å². The van der Waals surface area contributed by atoms with Crippen molar-refractivity contribution in [1.82, 2.24) is 15.2 Å². The van der Waals surface area contributed by atoms with E-state index >= 15 is 0 Å². The Morgan fingerprint density at radius 3 is 2.14 bits per heavy atom. The van der Waals surface area contributed by atoms with Gasteiger partial charge in [0, 0.05) is 12.1 Å². The molecule has 158 valence electrons. The molecule has 0 bridgehead atoms. The van der Waals surface area contributed by atoms with Crippen molar-refractivity contribution in [3.05, 3.63) is 21.5 Å². The molecule has 2 fully saturated rings. The molecule has 2 aliphatic carbocycles. The van der Waals surface area contributed by atoms with Crippen molar-refractivity contribution in [1.29, 1.82) is 0 Å². The molecule has 0 aromatic carbocycles. The third-order valence-electron chi connectivity index (χ3n) is 5.59. The lowest BCUT2D eigenvalue weighted by atomic mass is 9.92. The summed E-state index contributed by atoms with van der Waals surface area (Å²) in [5.41, 5.74) is -2.23. The van der Waals surface area contributed by atoms with E-state index in [2.05, 4.69) is 5.32 Å². The highest BCUT2D eigenvalue weighted by Crippen LogP contribution is 2.35. The largest absolute Gasteiger partial charge is 0.506 e. The zero-order valence-electron chi connectivity index (χ0n) is 15.9. The van der Waals surface area contributed by atoms with E-state index < -0.39 is 58.7 Å². The van der Waals surface area contributed by atoms with Gasteiger partial charge in [0.05, 0.1) is 0 Å². The molecule has 0 unspecified atom stereocenters. The molecule has 0 spiro atoms. The lowest BCUT2D eigenvalue weighted by Gasteiger charge is -2.29. The quantitative estimate of drug-likeness (QED) is 0.468. The summed E-state index contributed by atoms with van der Waals surface area (Å²) in [5.74, 6) is -4.84. The lowest BCUT2D eigenvalue weighted by molar-refractivity contribution is -0.135. The molecule has 3 rings (SSSR count). The van der Waals surface area contributed by atoms with Crippen molar-refractivity contribution in [3.63, 3.8) is 0 Å². The SMILES string of the molecule is O=C(O)CNC(=O)c1c(O)c(C(=O)NC2CCC2)c(O)n(C2CCCCC2)c1=O. The Bertz CT molecular complexity index is 883. The molecular formula is C19H25N3O7. The Hall–Kier alpha value is -3.04. The number of pyridine rings is 1. The fourth-order valence-electron chi connectivity index (χ4n) is 3.82. The van der Waals surface area contributed by atoms with Crippen LogP contribution in [0.4, 0.5) is 0 Å². The first-order valence-electron chi connectivity index (χ1n) is 9.82. The zero-order chi connectivity index (χ0) is 21.1. The number of hydrogen-bond acceptors (Lipinski definition) is 6. The number of hydrogen-bond donors (Lipinski definition) is 5. The fourth-order valence-corrected chi connectivity index (χ4v) is 3.82. The summed E-state index contributed by atoms with van der Waals surface area (Å²) in [7, 11) is 0. The molecule has 1 heterocycles. The van der Waals surface area contributed by atoms with Gasteiger partial charge >= 0.3 is 5.97 Å². The fraction of sp³-hybridized carbons (Fsp3) is 0.579. The summed E-state index contributed by atoms with van der Waals surface area (Å²) in [6, 6.07) is -0.515. The number of carboxylic acids is 1. The smallest absolute Gasteiger partial charge is 0.322 e. The normalized spacial score (nSPS) is 17.4. The van der Waals surface area contributed by atoms with E-state index in [1.165, 1.54) is 0 Å². The molecule has 5 N–H and O–H groups in total. The molecular weight excluding hydrogens is 382 g/mol. The van der Waals surface area contributed by atoms with Gasteiger partial charge < -0.3 is 26.0 Å². The molecule has 10 heteroatoms. The summed E-state index contributed by atoms with van der Waals surface area (Å²) in [5, 5.41) is 34.7. The Kier molecular flexibility index (Phi) is 6.09. The monoisotopic (exact) mass is 407 g/mol. The molecule has 2 saturated carbocycles. The number of rotatable bonds is 6. The van der Waals surface area contributed by atoms with Crippen LogP contribution in [0.3, 0.4) is 0 Å². The molecule has 2 amide bonds. The maximum atomic E-state index is 13.0. The summed E-state index contributed by atoms with van der Waals surface area (Å²) in [6.45, 7) is -0.758. The second-order valence-corrected chi connectivity index (χ2v) is 7.57. The molecule has 0 radical (unpaired) electrons. The van der Waals surface area contributed by atoms with Crippen LogP contribution < -0.4 is 16.2 Å². The van der Waals surface area contributed by atoms with Crippen LogP contribution in [0, 0.1) is 0 Å². The van der Waals surface area contributed by atoms with Crippen LogP contribution in [-0.2, 0) is 4.79 Å². The number of amides is 2. The van der Waals surface area contributed by atoms with E-state index in [4.69, 9.17) is 5.11 Å². The Morgan fingerprint density at radius 2 is 1.59 bits per heavy atom. The summed E-state index contributed by atoms with van der Waals surface area (Å²) < 4.78 is 0.990. The molecule has 0 saturated heterocycles. The Balaban J connectivity index is 2.09. The van der Waals surface area contributed by atoms with Crippen LogP contribution in [0.1, 0.15) is 78.1 Å². The lowest BCUT2D eigenvalue weighted by Crippen LogP contribution is -2.42. The first-order valence-corrected chi connectivity index (χ1v) is 9.82. The molecule has 2 aliphatic rings. The zero-order valence-corrected chi connectivity index (χ0v) is 15.9. The van der Waals surface area contributed by atoms with Crippen molar-refractivity contribution in [3.8, 4) is 11.6 Å². The van der Waals surface area contributed by atoms with Crippen LogP contribution >= 0.6 is 0 Å². The van der Waals surface area contributed by atoms with E-state index in [0.717, 1.165) is 43.1 Å². The van der Waals surface area contributed by atoms with Crippen LogP contribution in [0.2, 0.25) is 0 Å². The minimum atomic E-state index is -1.33. The predicted molar refractivity (Wildman–Crippen MR) is 101 cm³/mol. The number of carboxylic acid groups (broad SMARTS) is 1. The maximum Gasteiger partial charge on any atom is 0.322 e. The number of nitrogens with zero attached hydrogens (tertiary/aromatic N) is 1. The predicted octanol–water partition coefficient (Wildman–Crippen LogP) is 0.861. The summed E-state index contributed by atoms with van der Waals surface area (Å²) in [6.07, 6.45) is 6.26. The van der Waals surface area contributed by atoms with Gasteiger partial charge in [0.1, 0.15) is 17.7 Å². The van der Waals surface area contributed by atoms with Crippen molar-refractivity contribution >= 4 is 17.8 Å². The first-order chi connectivity index (χ1) is 13.8. The number of aromatic nitrogens is 1. The number of aromatic hydroxyl groups is 2.